The average Bonchev–Trinajstić information content (AvgIpc) is 2.89. The fourth-order valence-electron chi connectivity index (χ4n) is 5.25. The molecule has 3 aliphatic rings. The highest BCUT2D eigenvalue weighted by Crippen LogP contribution is 2.59. The lowest BCUT2D eigenvalue weighted by Gasteiger charge is -2.34. The number of hydrogen-bond donors (Lipinski definition) is 0. The molecule has 5 rings (SSSR count). The molecular weight excluding hydrogens is 427 g/mol. The number of rotatable bonds is 1. The van der Waals surface area contributed by atoms with Gasteiger partial charge in [0.2, 0.25) is 0 Å². The zero-order valence-corrected chi connectivity index (χ0v) is 17.4. The minimum atomic E-state index is 0.310. The molecule has 0 spiro atoms. The van der Waals surface area contributed by atoms with Crippen LogP contribution in [0.15, 0.2) is 78.4 Å². The van der Waals surface area contributed by atoms with E-state index < -0.39 is 0 Å². The third-order valence-electron chi connectivity index (χ3n) is 6.75. The number of allylic oxidation sites excluding steroid dienone is 8. The standard InChI is InChI=1S/C25H23I/c1-25(2)23-6-4-3-5-21(23)22-12-10-19(15-24(22)25)16-7-8-18-14-20(26)11-9-17(18)13-16/h3-14,21,23-24H,15H2,1-2H3/t21-,23?,24?/m0/s1. The van der Waals surface area contributed by atoms with Gasteiger partial charge in [0.05, 0.1) is 0 Å². The van der Waals surface area contributed by atoms with E-state index in [1.165, 1.54) is 25.5 Å². The molecule has 26 heavy (non-hydrogen) atoms. The van der Waals surface area contributed by atoms with Gasteiger partial charge in [0.15, 0.2) is 0 Å². The zero-order valence-electron chi connectivity index (χ0n) is 15.2. The van der Waals surface area contributed by atoms with Gasteiger partial charge in [0.1, 0.15) is 0 Å². The van der Waals surface area contributed by atoms with Crippen molar-refractivity contribution in [1.29, 1.82) is 0 Å². The van der Waals surface area contributed by atoms with Crippen LogP contribution in [0.1, 0.15) is 25.8 Å². The maximum Gasteiger partial charge on any atom is 0.0136 e. The molecular formula is C25H23I. The molecule has 0 heterocycles. The average molecular weight is 450 g/mol. The summed E-state index contributed by atoms with van der Waals surface area (Å²) in [5.74, 6) is 1.86. The number of fused-ring (bicyclic) bond motifs is 4. The summed E-state index contributed by atoms with van der Waals surface area (Å²) < 4.78 is 1.30. The summed E-state index contributed by atoms with van der Waals surface area (Å²) in [6.45, 7) is 4.93. The molecule has 1 heteroatoms. The molecule has 1 saturated carbocycles. The summed E-state index contributed by atoms with van der Waals surface area (Å²) in [7, 11) is 0. The normalized spacial score (nSPS) is 28.5. The molecule has 2 unspecified atom stereocenters. The van der Waals surface area contributed by atoms with Gasteiger partial charge < -0.3 is 0 Å². The highest BCUT2D eigenvalue weighted by molar-refractivity contribution is 14.1. The molecule has 0 nitrogen and oxygen atoms in total. The molecule has 3 aliphatic carbocycles. The fourth-order valence-corrected chi connectivity index (χ4v) is 5.77. The molecule has 2 aromatic rings. The SMILES string of the molecule is CC1(C)C2CC(c3ccc4cc(I)ccc4c3)=CC=C2[C@@H]2C=CC=CC21. The second kappa shape index (κ2) is 5.95. The Bertz CT molecular complexity index is 1020. The molecule has 0 radical (unpaired) electrons. The van der Waals surface area contributed by atoms with Crippen LogP contribution in [0.5, 0.6) is 0 Å². The number of halogens is 1. The lowest BCUT2D eigenvalue weighted by atomic mass is 9.70. The van der Waals surface area contributed by atoms with E-state index in [1.54, 1.807) is 5.57 Å². The Kier molecular flexibility index (Phi) is 3.79. The van der Waals surface area contributed by atoms with Gasteiger partial charge in [-0.15, -0.1) is 0 Å². The van der Waals surface area contributed by atoms with Crippen molar-refractivity contribution in [3.63, 3.8) is 0 Å². The van der Waals surface area contributed by atoms with Crippen LogP contribution in [0.2, 0.25) is 0 Å². The first kappa shape index (κ1) is 16.6. The molecule has 0 amide bonds. The van der Waals surface area contributed by atoms with E-state index in [2.05, 4.69) is 109 Å². The Morgan fingerprint density at radius 2 is 1.69 bits per heavy atom. The molecule has 0 N–H and O–H groups in total. The van der Waals surface area contributed by atoms with E-state index >= 15 is 0 Å². The van der Waals surface area contributed by atoms with Crippen molar-refractivity contribution in [2.24, 2.45) is 23.2 Å². The first-order chi connectivity index (χ1) is 12.5. The molecule has 130 valence electrons. The molecule has 2 aromatic carbocycles. The van der Waals surface area contributed by atoms with Crippen LogP contribution >= 0.6 is 22.6 Å². The molecule has 0 bridgehead atoms. The first-order valence-corrected chi connectivity index (χ1v) is 10.6. The van der Waals surface area contributed by atoms with Crippen molar-refractivity contribution in [3.05, 3.63) is 87.6 Å². The predicted octanol–water partition coefficient (Wildman–Crippen LogP) is 7.17. The molecule has 0 saturated heterocycles. The Morgan fingerprint density at radius 3 is 2.58 bits per heavy atom. The largest absolute Gasteiger partial charge is 0.0800 e. The first-order valence-electron chi connectivity index (χ1n) is 9.49. The van der Waals surface area contributed by atoms with Crippen molar-refractivity contribution in [1.82, 2.24) is 0 Å². The van der Waals surface area contributed by atoms with Crippen LogP contribution in [0.25, 0.3) is 16.3 Å². The zero-order chi connectivity index (χ0) is 17.9. The van der Waals surface area contributed by atoms with Crippen molar-refractivity contribution in [2.45, 2.75) is 20.3 Å². The van der Waals surface area contributed by atoms with E-state index in [-0.39, 0.29) is 0 Å². The summed E-state index contributed by atoms with van der Waals surface area (Å²) in [5, 5.41) is 2.67. The monoisotopic (exact) mass is 450 g/mol. The van der Waals surface area contributed by atoms with Crippen LogP contribution in [-0.4, -0.2) is 0 Å². The Hall–Kier alpha value is -1.61. The van der Waals surface area contributed by atoms with Crippen molar-refractivity contribution < 1.29 is 0 Å². The van der Waals surface area contributed by atoms with Crippen LogP contribution in [0, 0.1) is 26.7 Å². The topological polar surface area (TPSA) is 0 Å². The van der Waals surface area contributed by atoms with Crippen LogP contribution < -0.4 is 0 Å². The maximum atomic E-state index is 2.46. The van der Waals surface area contributed by atoms with Gasteiger partial charge in [-0.1, -0.05) is 74.1 Å². The van der Waals surface area contributed by atoms with Crippen LogP contribution in [0.4, 0.5) is 0 Å². The predicted molar refractivity (Wildman–Crippen MR) is 120 cm³/mol. The Labute approximate surface area is 169 Å². The van der Waals surface area contributed by atoms with Crippen molar-refractivity contribution in [2.75, 3.05) is 0 Å². The highest BCUT2D eigenvalue weighted by atomic mass is 127. The Morgan fingerprint density at radius 1 is 0.923 bits per heavy atom. The summed E-state index contributed by atoms with van der Waals surface area (Å²) in [6, 6.07) is 13.6. The van der Waals surface area contributed by atoms with Gasteiger partial charge in [0, 0.05) is 9.49 Å². The van der Waals surface area contributed by atoms with E-state index in [9.17, 15) is 0 Å². The summed E-state index contributed by atoms with van der Waals surface area (Å²) >= 11 is 2.39. The van der Waals surface area contributed by atoms with Gasteiger partial charge >= 0.3 is 0 Å². The van der Waals surface area contributed by atoms with Gasteiger partial charge in [-0.05, 0) is 86.4 Å². The smallest absolute Gasteiger partial charge is 0.0136 e. The number of hydrogen-bond acceptors (Lipinski definition) is 0. The lowest BCUT2D eigenvalue weighted by Crippen LogP contribution is -2.26. The third kappa shape index (κ3) is 2.47. The summed E-state index contributed by atoms with van der Waals surface area (Å²) in [5.41, 5.74) is 4.81. The summed E-state index contributed by atoms with van der Waals surface area (Å²) in [4.78, 5) is 0. The van der Waals surface area contributed by atoms with E-state index in [4.69, 9.17) is 0 Å². The highest BCUT2D eigenvalue weighted by Gasteiger charge is 2.50. The minimum Gasteiger partial charge on any atom is -0.0800 e. The summed E-state index contributed by atoms with van der Waals surface area (Å²) in [6.07, 6.45) is 15.3. The minimum absolute atomic E-state index is 0.310. The molecule has 0 aromatic heterocycles. The van der Waals surface area contributed by atoms with Gasteiger partial charge in [-0.2, -0.15) is 0 Å². The van der Waals surface area contributed by atoms with E-state index in [0.29, 0.717) is 23.2 Å². The van der Waals surface area contributed by atoms with Crippen LogP contribution in [0.3, 0.4) is 0 Å². The van der Waals surface area contributed by atoms with Gasteiger partial charge in [-0.3, -0.25) is 0 Å². The molecule has 3 atom stereocenters. The third-order valence-corrected chi connectivity index (χ3v) is 7.42. The molecule has 1 fully saturated rings. The van der Waals surface area contributed by atoms with E-state index in [0.717, 1.165) is 6.42 Å². The van der Waals surface area contributed by atoms with Crippen LogP contribution in [-0.2, 0) is 0 Å². The second-order valence-electron chi connectivity index (χ2n) is 8.46. The second-order valence-corrected chi connectivity index (χ2v) is 9.71. The van der Waals surface area contributed by atoms with Crippen molar-refractivity contribution in [3.8, 4) is 0 Å². The van der Waals surface area contributed by atoms with Gasteiger partial charge in [0.25, 0.3) is 0 Å². The van der Waals surface area contributed by atoms with E-state index in [1.807, 2.05) is 0 Å². The van der Waals surface area contributed by atoms with Crippen molar-refractivity contribution >= 4 is 38.9 Å². The fraction of sp³-hybridized carbons (Fsp3) is 0.280. The quantitative estimate of drug-likeness (QED) is 0.404. The maximum absolute atomic E-state index is 2.46. The Balaban J connectivity index is 1.54. The molecule has 0 aliphatic heterocycles. The number of benzene rings is 2. The van der Waals surface area contributed by atoms with Gasteiger partial charge in [-0.25, -0.2) is 0 Å². The lowest BCUT2D eigenvalue weighted by molar-refractivity contribution is 0.220.